The molecule has 4 N–H and O–H groups in total. The molecular weight excluding hydrogens is 196 g/mol. The van der Waals surface area contributed by atoms with Crippen molar-refractivity contribution < 1.29 is 14.7 Å². The minimum Gasteiger partial charge on any atom is -0.480 e. The van der Waals surface area contributed by atoms with Crippen molar-refractivity contribution in [2.24, 2.45) is 5.73 Å². The van der Waals surface area contributed by atoms with E-state index in [0.29, 0.717) is 12.8 Å². The van der Waals surface area contributed by atoms with Gasteiger partial charge in [0.1, 0.15) is 5.54 Å². The third-order valence-corrected chi connectivity index (χ3v) is 2.87. The molecule has 1 saturated carbocycles. The highest BCUT2D eigenvalue weighted by Crippen LogP contribution is 2.28. The standard InChI is InChI=1S/C10H18N2O3/c11-7-4-8(13)12-10(9(14)15)5-2-1-3-6-10/h1-7,11H2,(H,12,13)(H,14,15). The van der Waals surface area contributed by atoms with E-state index in [1.807, 2.05) is 0 Å². The highest BCUT2D eigenvalue weighted by Gasteiger charge is 2.40. The molecule has 86 valence electrons. The van der Waals surface area contributed by atoms with Gasteiger partial charge in [0, 0.05) is 13.0 Å². The van der Waals surface area contributed by atoms with E-state index in [9.17, 15) is 9.59 Å². The summed E-state index contributed by atoms with van der Waals surface area (Å²) in [4.78, 5) is 22.5. The summed E-state index contributed by atoms with van der Waals surface area (Å²) in [5.74, 6) is -1.19. The summed E-state index contributed by atoms with van der Waals surface area (Å²) in [6, 6.07) is 0. The van der Waals surface area contributed by atoms with Crippen LogP contribution in [-0.2, 0) is 9.59 Å². The molecular formula is C10H18N2O3. The number of carboxylic acid groups (broad SMARTS) is 1. The van der Waals surface area contributed by atoms with Crippen LogP contribution >= 0.6 is 0 Å². The van der Waals surface area contributed by atoms with Crippen LogP contribution < -0.4 is 11.1 Å². The van der Waals surface area contributed by atoms with Crippen molar-refractivity contribution >= 4 is 11.9 Å². The first-order chi connectivity index (χ1) is 7.10. The van der Waals surface area contributed by atoms with Crippen molar-refractivity contribution in [1.29, 1.82) is 0 Å². The molecule has 0 spiro atoms. The molecule has 0 aromatic rings. The quantitative estimate of drug-likeness (QED) is 0.625. The summed E-state index contributed by atoms with van der Waals surface area (Å²) in [6.45, 7) is 0.252. The lowest BCUT2D eigenvalue weighted by Gasteiger charge is -2.33. The van der Waals surface area contributed by atoms with Gasteiger partial charge >= 0.3 is 5.97 Å². The summed E-state index contributed by atoms with van der Waals surface area (Å²) in [5, 5.41) is 11.8. The Bertz CT molecular complexity index is 247. The molecule has 0 atom stereocenters. The van der Waals surface area contributed by atoms with Crippen LogP contribution in [0.5, 0.6) is 0 Å². The zero-order chi connectivity index (χ0) is 11.3. The molecule has 1 amide bonds. The smallest absolute Gasteiger partial charge is 0.329 e. The van der Waals surface area contributed by atoms with E-state index >= 15 is 0 Å². The number of aliphatic carboxylic acids is 1. The van der Waals surface area contributed by atoms with Gasteiger partial charge in [0.25, 0.3) is 0 Å². The van der Waals surface area contributed by atoms with E-state index < -0.39 is 11.5 Å². The average molecular weight is 214 g/mol. The van der Waals surface area contributed by atoms with Crippen molar-refractivity contribution in [3.8, 4) is 0 Å². The predicted molar refractivity (Wildman–Crippen MR) is 55.3 cm³/mol. The average Bonchev–Trinajstić information content (AvgIpc) is 2.19. The summed E-state index contributed by atoms with van der Waals surface area (Å²) >= 11 is 0. The predicted octanol–water partition coefficient (Wildman–Crippen LogP) is 0.239. The van der Waals surface area contributed by atoms with Crippen LogP contribution in [0.3, 0.4) is 0 Å². The maximum absolute atomic E-state index is 11.4. The number of amides is 1. The second-order valence-corrected chi connectivity index (χ2v) is 4.03. The lowest BCUT2D eigenvalue weighted by molar-refractivity contribution is -0.149. The minimum absolute atomic E-state index is 0.190. The Morgan fingerprint density at radius 1 is 1.27 bits per heavy atom. The molecule has 0 bridgehead atoms. The van der Waals surface area contributed by atoms with Gasteiger partial charge in [-0.25, -0.2) is 4.79 Å². The van der Waals surface area contributed by atoms with Crippen LogP contribution in [0.15, 0.2) is 0 Å². The number of nitrogens with two attached hydrogens (primary N) is 1. The summed E-state index contributed by atoms with van der Waals surface area (Å²) in [5.41, 5.74) is 4.21. The van der Waals surface area contributed by atoms with Crippen LogP contribution in [0, 0.1) is 0 Å². The molecule has 0 aliphatic heterocycles. The molecule has 5 nitrogen and oxygen atoms in total. The van der Waals surface area contributed by atoms with Gasteiger partial charge in [-0.2, -0.15) is 0 Å². The molecule has 0 aromatic carbocycles. The van der Waals surface area contributed by atoms with Crippen molar-refractivity contribution in [2.75, 3.05) is 6.54 Å². The Labute approximate surface area is 89.0 Å². The Hall–Kier alpha value is -1.10. The molecule has 5 heteroatoms. The van der Waals surface area contributed by atoms with Gasteiger partial charge in [0.2, 0.25) is 5.91 Å². The Morgan fingerprint density at radius 2 is 1.87 bits per heavy atom. The van der Waals surface area contributed by atoms with Gasteiger partial charge in [0.15, 0.2) is 0 Å². The lowest BCUT2D eigenvalue weighted by Crippen LogP contribution is -2.55. The first kappa shape index (κ1) is 12.0. The number of carboxylic acids is 1. The van der Waals surface area contributed by atoms with E-state index in [0.717, 1.165) is 19.3 Å². The van der Waals surface area contributed by atoms with Crippen molar-refractivity contribution in [2.45, 2.75) is 44.1 Å². The van der Waals surface area contributed by atoms with E-state index in [-0.39, 0.29) is 18.9 Å². The second-order valence-electron chi connectivity index (χ2n) is 4.03. The van der Waals surface area contributed by atoms with Gasteiger partial charge in [-0.15, -0.1) is 0 Å². The molecule has 0 heterocycles. The van der Waals surface area contributed by atoms with Crippen LogP contribution in [-0.4, -0.2) is 29.1 Å². The maximum Gasteiger partial charge on any atom is 0.329 e. The number of rotatable bonds is 4. The van der Waals surface area contributed by atoms with Crippen LogP contribution in [0.2, 0.25) is 0 Å². The van der Waals surface area contributed by atoms with Crippen molar-refractivity contribution in [3.05, 3.63) is 0 Å². The normalized spacial score (nSPS) is 19.5. The minimum atomic E-state index is -1.04. The topological polar surface area (TPSA) is 92.4 Å². The number of nitrogens with one attached hydrogen (secondary N) is 1. The molecule has 0 aromatic heterocycles. The Morgan fingerprint density at radius 3 is 2.33 bits per heavy atom. The summed E-state index contributed by atoms with van der Waals surface area (Å²) in [6.07, 6.45) is 4.00. The van der Waals surface area contributed by atoms with Crippen LogP contribution in [0.1, 0.15) is 38.5 Å². The number of carbonyl (C=O) groups excluding carboxylic acids is 1. The van der Waals surface area contributed by atoms with Gasteiger partial charge in [-0.1, -0.05) is 19.3 Å². The monoisotopic (exact) mass is 214 g/mol. The van der Waals surface area contributed by atoms with E-state index in [4.69, 9.17) is 10.8 Å². The molecule has 1 rings (SSSR count). The largest absolute Gasteiger partial charge is 0.480 e. The van der Waals surface area contributed by atoms with Crippen molar-refractivity contribution in [1.82, 2.24) is 5.32 Å². The number of hydrogen-bond donors (Lipinski definition) is 3. The maximum atomic E-state index is 11.4. The zero-order valence-electron chi connectivity index (χ0n) is 8.79. The molecule has 0 radical (unpaired) electrons. The third-order valence-electron chi connectivity index (χ3n) is 2.87. The van der Waals surface area contributed by atoms with Crippen molar-refractivity contribution in [3.63, 3.8) is 0 Å². The molecule has 1 aliphatic rings. The lowest BCUT2D eigenvalue weighted by atomic mass is 9.81. The highest BCUT2D eigenvalue weighted by molar-refractivity contribution is 5.87. The Balaban J connectivity index is 2.64. The van der Waals surface area contributed by atoms with Gasteiger partial charge < -0.3 is 16.2 Å². The van der Waals surface area contributed by atoms with E-state index in [1.165, 1.54) is 0 Å². The number of carbonyl (C=O) groups is 2. The van der Waals surface area contributed by atoms with Crippen LogP contribution in [0.4, 0.5) is 0 Å². The molecule has 0 unspecified atom stereocenters. The molecule has 0 saturated heterocycles. The van der Waals surface area contributed by atoms with E-state index in [1.54, 1.807) is 0 Å². The summed E-state index contributed by atoms with van der Waals surface area (Å²) < 4.78 is 0. The fourth-order valence-electron chi connectivity index (χ4n) is 2.01. The van der Waals surface area contributed by atoms with E-state index in [2.05, 4.69) is 5.32 Å². The zero-order valence-corrected chi connectivity index (χ0v) is 8.79. The number of hydrogen-bond acceptors (Lipinski definition) is 3. The van der Waals surface area contributed by atoms with Gasteiger partial charge in [-0.3, -0.25) is 4.79 Å². The summed E-state index contributed by atoms with van der Waals surface area (Å²) in [7, 11) is 0. The third kappa shape index (κ3) is 2.92. The molecule has 1 aliphatic carbocycles. The molecule has 15 heavy (non-hydrogen) atoms. The van der Waals surface area contributed by atoms with Gasteiger partial charge in [-0.05, 0) is 12.8 Å². The van der Waals surface area contributed by atoms with Gasteiger partial charge in [0.05, 0.1) is 0 Å². The fourth-order valence-corrected chi connectivity index (χ4v) is 2.01. The first-order valence-corrected chi connectivity index (χ1v) is 5.35. The SMILES string of the molecule is NCCC(=O)NC1(C(=O)O)CCCCC1. The highest BCUT2D eigenvalue weighted by atomic mass is 16.4. The second kappa shape index (κ2) is 5.11. The fraction of sp³-hybridized carbons (Fsp3) is 0.800. The first-order valence-electron chi connectivity index (χ1n) is 5.35. The van der Waals surface area contributed by atoms with Crippen LogP contribution in [0.25, 0.3) is 0 Å². The Kier molecular flexibility index (Phi) is 4.08. The molecule has 1 fully saturated rings.